The molecule has 1 aromatic heterocycles. The molecule has 1 unspecified atom stereocenters. The summed E-state index contributed by atoms with van der Waals surface area (Å²) in [4.78, 5) is 10.0. The van der Waals surface area contributed by atoms with Crippen LogP contribution < -0.4 is 0 Å². The third kappa shape index (κ3) is 3.56. The number of hydrogen-bond donors (Lipinski definition) is 1. The van der Waals surface area contributed by atoms with Crippen LogP contribution >= 0.6 is 0 Å². The molecule has 1 aromatic rings. The molecular formula is C14H25N3. The SMILES string of the molecule is CC(C)(C)C1CCCN(Cc2ncc[nH]2)CC1. The topological polar surface area (TPSA) is 31.9 Å². The maximum atomic E-state index is 4.31. The first-order valence-electron chi connectivity index (χ1n) is 6.76. The van der Waals surface area contributed by atoms with Crippen LogP contribution in [0.1, 0.15) is 45.9 Å². The molecule has 3 heteroatoms. The molecule has 1 atom stereocenters. The fourth-order valence-electron chi connectivity index (χ4n) is 2.78. The Morgan fingerprint density at radius 1 is 1.35 bits per heavy atom. The van der Waals surface area contributed by atoms with Crippen LogP contribution in [0.5, 0.6) is 0 Å². The van der Waals surface area contributed by atoms with E-state index in [2.05, 4.69) is 35.6 Å². The third-order valence-electron chi connectivity index (χ3n) is 3.97. The second-order valence-corrected chi connectivity index (χ2v) is 6.31. The summed E-state index contributed by atoms with van der Waals surface area (Å²) in [6.07, 6.45) is 7.77. The van der Waals surface area contributed by atoms with Crippen molar-refractivity contribution in [1.29, 1.82) is 0 Å². The molecule has 0 saturated carbocycles. The normalized spacial score (nSPS) is 23.6. The molecule has 0 amide bonds. The van der Waals surface area contributed by atoms with Gasteiger partial charge in [0.2, 0.25) is 0 Å². The summed E-state index contributed by atoms with van der Waals surface area (Å²) in [5.41, 5.74) is 0.459. The Kier molecular flexibility index (Phi) is 3.87. The summed E-state index contributed by atoms with van der Waals surface area (Å²) in [5, 5.41) is 0. The maximum Gasteiger partial charge on any atom is 0.120 e. The van der Waals surface area contributed by atoms with E-state index in [-0.39, 0.29) is 0 Å². The zero-order chi connectivity index (χ0) is 12.3. The summed E-state index contributed by atoms with van der Waals surface area (Å²) in [7, 11) is 0. The van der Waals surface area contributed by atoms with Gasteiger partial charge < -0.3 is 4.98 Å². The molecule has 17 heavy (non-hydrogen) atoms. The minimum absolute atomic E-state index is 0.459. The van der Waals surface area contributed by atoms with Crippen molar-refractivity contribution in [1.82, 2.24) is 14.9 Å². The third-order valence-corrected chi connectivity index (χ3v) is 3.97. The van der Waals surface area contributed by atoms with E-state index in [4.69, 9.17) is 0 Å². The van der Waals surface area contributed by atoms with Crippen LogP contribution in [0, 0.1) is 11.3 Å². The van der Waals surface area contributed by atoms with Crippen LogP contribution in [0.2, 0.25) is 0 Å². The molecular weight excluding hydrogens is 210 g/mol. The first kappa shape index (κ1) is 12.6. The Balaban J connectivity index is 1.88. The van der Waals surface area contributed by atoms with Gasteiger partial charge in [-0.1, -0.05) is 20.8 Å². The standard InChI is InChI=1S/C14H25N3/c1-14(2,3)12-5-4-9-17(10-6-12)11-13-15-7-8-16-13/h7-8,12H,4-6,9-11H2,1-3H3,(H,15,16). The molecule has 0 aliphatic carbocycles. The largest absolute Gasteiger partial charge is 0.348 e. The van der Waals surface area contributed by atoms with E-state index in [9.17, 15) is 0 Å². The minimum Gasteiger partial charge on any atom is -0.348 e. The Morgan fingerprint density at radius 2 is 2.18 bits per heavy atom. The van der Waals surface area contributed by atoms with Crippen molar-refractivity contribution in [3.63, 3.8) is 0 Å². The first-order chi connectivity index (χ1) is 8.05. The van der Waals surface area contributed by atoms with Gasteiger partial charge in [-0.25, -0.2) is 4.98 Å². The summed E-state index contributed by atoms with van der Waals surface area (Å²) >= 11 is 0. The Bertz CT molecular complexity index is 324. The van der Waals surface area contributed by atoms with Crippen molar-refractivity contribution >= 4 is 0 Å². The predicted octanol–water partition coefficient (Wildman–Crippen LogP) is 3.06. The highest BCUT2D eigenvalue weighted by Crippen LogP contribution is 2.34. The molecule has 0 spiro atoms. The number of hydrogen-bond acceptors (Lipinski definition) is 2. The van der Waals surface area contributed by atoms with Crippen LogP contribution in [-0.4, -0.2) is 28.0 Å². The van der Waals surface area contributed by atoms with E-state index in [0.29, 0.717) is 5.41 Å². The van der Waals surface area contributed by atoms with E-state index < -0.39 is 0 Å². The molecule has 1 N–H and O–H groups in total. The van der Waals surface area contributed by atoms with Gasteiger partial charge >= 0.3 is 0 Å². The zero-order valence-electron chi connectivity index (χ0n) is 11.4. The van der Waals surface area contributed by atoms with Gasteiger partial charge in [-0.2, -0.15) is 0 Å². The second kappa shape index (κ2) is 5.21. The molecule has 1 saturated heterocycles. The van der Waals surface area contributed by atoms with Crippen LogP contribution in [0.3, 0.4) is 0 Å². The molecule has 1 aliphatic rings. The average molecular weight is 235 g/mol. The van der Waals surface area contributed by atoms with Crippen LogP contribution in [0.15, 0.2) is 12.4 Å². The number of aromatic amines is 1. The fraction of sp³-hybridized carbons (Fsp3) is 0.786. The quantitative estimate of drug-likeness (QED) is 0.854. The fourth-order valence-corrected chi connectivity index (χ4v) is 2.78. The molecule has 96 valence electrons. The Labute approximate surface area is 105 Å². The number of H-pyrrole nitrogens is 1. The monoisotopic (exact) mass is 235 g/mol. The second-order valence-electron chi connectivity index (χ2n) is 6.31. The van der Waals surface area contributed by atoms with Crippen molar-refractivity contribution in [3.8, 4) is 0 Å². The smallest absolute Gasteiger partial charge is 0.120 e. The van der Waals surface area contributed by atoms with E-state index >= 15 is 0 Å². The Morgan fingerprint density at radius 3 is 2.82 bits per heavy atom. The average Bonchev–Trinajstić information content (AvgIpc) is 2.61. The number of imidazole rings is 1. The molecule has 2 rings (SSSR count). The summed E-state index contributed by atoms with van der Waals surface area (Å²) in [6.45, 7) is 10.5. The lowest BCUT2D eigenvalue weighted by molar-refractivity contribution is 0.205. The summed E-state index contributed by atoms with van der Waals surface area (Å²) in [6, 6.07) is 0. The van der Waals surface area contributed by atoms with Gasteiger partial charge in [0, 0.05) is 12.4 Å². The number of likely N-dealkylation sites (tertiary alicyclic amines) is 1. The lowest BCUT2D eigenvalue weighted by atomic mass is 9.77. The van der Waals surface area contributed by atoms with Crippen molar-refractivity contribution in [2.24, 2.45) is 11.3 Å². The molecule has 0 aromatic carbocycles. The minimum atomic E-state index is 0.459. The molecule has 0 bridgehead atoms. The lowest BCUT2D eigenvalue weighted by Gasteiger charge is -2.29. The van der Waals surface area contributed by atoms with E-state index in [1.165, 1.54) is 32.4 Å². The summed E-state index contributed by atoms with van der Waals surface area (Å²) in [5.74, 6) is 1.96. The van der Waals surface area contributed by atoms with Gasteiger partial charge in [0.25, 0.3) is 0 Å². The first-order valence-corrected chi connectivity index (χ1v) is 6.76. The van der Waals surface area contributed by atoms with Gasteiger partial charge in [-0.05, 0) is 43.7 Å². The van der Waals surface area contributed by atoms with Crippen LogP contribution in [-0.2, 0) is 6.54 Å². The van der Waals surface area contributed by atoms with Crippen LogP contribution in [0.4, 0.5) is 0 Å². The predicted molar refractivity (Wildman–Crippen MR) is 70.7 cm³/mol. The van der Waals surface area contributed by atoms with Crippen LogP contribution in [0.25, 0.3) is 0 Å². The number of nitrogens with one attached hydrogen (secondary N) is 1. The lowest BCUT2D eigenvalue weighted by Crippen LogP contribution is -2.26. The van der Waals surface area contributed by atoms with Crippen molar-refractivity contribution < 1.29 is 0 Å². The van der Waals surface area contributed by atoms with Crippen molar-refractivity contribution in [3.05, 3.63) is 18.2 Å². The molecule has 2 heterocycles. The van der Waals surface area contributed by atoms with Gasteiger partial charge in [0.05, 0.1) is 6.54 Å². The highest BCUT2D eigenvalue weighted by molar-refractivity contribution is 4.88. The Hall–Kier alpha value is -0.830. The van der Waals surface area contributed by atoms with Crippen molar-refractivity contribution in [2.45, 2.75) is 46.6 Å². The highest BCUT2D eigenvalue weighted by Gasteiger charge is 2.27. The van der Waals surface area contributed by atoms with Gasteiger partial charge in [0.15, 0.2) is 0 Å². The molecule has 3 nitrogen and oxygen atoms in total. The number of aromatic nitrogens is 2. The van der Waals surface area contributed by atoms with Gasteiger partial charge in [0.1, 0.15) is 5.82 Å². The van der Waals surface area contributed by atoms with E-state index in [1.807, 2.05) is 12.4 Å². The van der Waals surface area contributed by atoms with Crippen molar-refractivity contribution in [2.75, 3.05) is 13.1 Å². The highest BCUT2D eigenvalue weighted by atomic mass is 15.1. The molecule has 1 aliphatic heterocycles. The maximum absolute atomic E-state index is 4.31. The number of nitrogens with zero attached hydrogens (tertiary/aromatic N) is 2. The zero-order valence-corrected chi connectivity index (χ0v) is 11.4. The van der Waals surface area contributed by atoms with Gasteiger partial charge in [-0.3, -0.25) is 4.90 Å². The van der Waals surface area contributed by atoms with E-state index in [0.717, 1.165) is 18.3 Å². The molecule has 1 fully saturated rings. The van der Waals surface area contributed by atoms with Gasteiger partial charge in [-0.15, -0.1) is 0 Å². The number of rotatable bonds is 2. The van der Waals surface area contributed by atoms with E-state index in [1.54, 1.807) is 0 Å². The molecule has 0 radical (unpaired) electrons. The summed E-state index contributed by atoms with van der Waals surface area (Å²) < 4.78 is 0.